The summed E-state index contributed by atoms with van der Waals surface area (Å²) in [6.07, 6.45) is 5.29. The lowest BCUT2D eigenvalue weighted by molar-refractivity contribution is 0.205. The van der Waals surface area contributed by atoms with Crippen molar-refractivity contribution in [2.45, 2.75) is 25.8 Å². The first kappa shape index (κ1) is 13.5. The molecule has 0 aliphatic carbocycles. The van der Waals surface area contributed by atoms with Crippen LogP contribution in [0.1, 0.15) is 18.7 Å². The highest BCUT2D eigenvalue weighted by Crippen LogP contribution is 2.22. The Morgan fingerprint density at radius 3 is 3.15 bits per heavy atom. The van der Waals surface area contributed by atoms with Crippen molar-refractivity contribution in [3.8, 4) is 0 Å². The van der Waals surface area contributed by atoms with Crippen LogP contribution < -0.4 is 0 Å². The number of aliphatic hydroxyl groups excluding tert-OH is 1. The number of aliphatic hydroxyl groups is 1. The molecule has 3 heterocycles. The molecule has 2 aromatic heterocycles. The van der Waals surface area contributed by atoms with Gasteiger partial charge in [-0.1, -0.05) is 0 Å². The third kappa shape index (κ3) is 2.69. The molecule has 1 saturated heterocycles. The highest BCUT2D eigenvalue weighted by Gasteiger charge is 2.21. The molecule has 0 spiro atoms. The molecule has 1 aliphatic rings. The molecule has 1 N–H and O–H groups in total. The number of nitrogens with zero attached hydrogens (tertiary/aromatic N) is 4. The van der Waals surface area contributed by atoms with Gasteiger partial charge in [-0.3, -0.25) is 0 Å². The minimum atomic E-state index is 0.125. The second-order valence-corrected chi connectivity index (χ2v) is 5.72. The summed E-state index contributed by atoms with van der Waals surface area (Å²) in [5, 5.41) is 9.29. The standard InChI is InChI=1S/C15H22N4O/c1-18-7-3-4-12(11-18)10-14-17-13-5-2-6-16-15(13)19(14)8-9-20/h2,5-6,12,20H,3-4,7-11H2,1H3. The SMILES string of the molecule is CN1CCCC(Cc2nc3cccnc3n2CCO)C1. The summed E-state index contributed by atoms with van der Waals surface area (Å²) >= 11 is 0. The van der Waals surface area contributed by atoms with Crippen LogP contribution in [0.3, 0.4) is 0 Å². The van der Waals surface area contributed by atoms with E-state index in [-0.39, 0.29) is 6.61 Å². The van der Waals surface area contributed by atoms with Crippen molar-refractivity contribution in [2.24, 2.45) is 5.92 Å². The molecule has 3 rings (SSSR count). The summed E-state index contributed by atoms with van der Waals surface area (Å²) in [5.74, 6) is 1.72. The van der Waals surface area contributed by atoms with Gasteiger partial charge < -0.3 is 14.6 Å². The van der Waals surface area contributed by atoms with E-state index in [1.807, 2.05) is 12.1 Å². The van der Waals surface area contributed by atoms with Crippen LogP contribution >= 0.6 is 0 Å². The predicted octanol–water partition coefficient (Wildman–Crippen LogP) is 1.31. The van der Waals surface area contributed by atoms with E-state index in [0.717, 1.165) is 30.0 Å². The number of rotatable bonds is 4. The van der Waals surface area contributed by atoms with Gasteiger partial charge in [0.05, 0.1) is 6.61 Å². The first-order valence-electron chi connectivity index (χ1n) is 7.37. The van der Waals surface area contributed by atoms with Gasteiger partial charge in [-0.05, 0) is 44.5 Å². The monoisotopic (exact) mass is 274 g/mol. The first-order chi connectivity index (χ1) is 9.78. The van der Waals surface area contributed by atoms with Gasteiger partial charge >= 0.3 is 0 Å². The van der Waals surface area contributed by atoms with E-state index in [2.05, 4.69) is 21.5 Å². The molecule has 2 aromatic rings. The smallest absolute Gasteiger partial charge is 0.160 e. The normalized spacial score (nSPS) is 20.6. The number of imidazole rings is 1. The van der Waals surface area contributed by atoms with E-state index in [1.165, 1.54) is 19.4 Å². The molecule has 0 saturated carbocycles. The van der Waals surface area contributed by atoms with Crippen molar-refractivity contribution >= 4 is 11.2 Å². The zero-order valence-electron chi connectivity index (χ0n) is 12.0. The minimum Gasteiger partial charge on any atom is -0.395 e. The van der Waals surface area contributed by atoms with Crippen LogP contribution in [-0.2, 0) is 13.0 Å². The van der Waals surface area contributed by atoms with E-state index in [9.17, 15) is 5.11 Å². The van der Waals surface area contributed by atoms with E-state index in [0.29, 0.717) is 12.5 Å². The van der Waals surface area contributed by atoms with E-state index in [4.69, 9.17) is 4.98 Å². The molecule has 1 aliphatic heterocycles. The Morgan fingerprint density at radius 1 is 1.45 bits per heavy atom. The van der Waals surface area contributed by atoms with Crippen LogP contribution in [0.2, 0.25) is 0 Å². The summed E-state index contributed by atoms with van der Waals surface area (Å²) in [4.78, 5) is 11.5. The number of hydrogen-bond acceptors (Lipinski definition) is 4. The molecule has 1 atom stereocenters. The fraction of sp³-hybridized carbons (Fsp3) is 0.600. The average molecular weight is 274 g/mol. The molecule has 1 fully saturated rings. The lowest BCUT2D eigenvalue weighted by atomic mass is 9.95. The summed E-state index contributed by atoms with van der Waals surface area (Å²) in [7, 11) is 2.18. The number of aromatic nitrogens is 3. The summed E-state index contributed by atoms with van der Waals surface area (Å²) in [6, 6.07) is 3.91. The Labute approximate surface area is 119 Å². The van der Waals surface area contributed by atoms with Gasteiger partial charge in [-0.25, -0.2) is 9.97 Å². The zero-order valence-corrected chi connectivity index (χ0v) is 12.0. The zero-order chi connectivity index (χ0) is 13.9. The molecular weight excluding hydrogens is 252 g/mol. The predicted molar refractivity (Wildman–Crippen MR) is 78.5 cm³/mol. The summed E-state index contributed by atoms with van der Waals surface area (Å²) < 4.78 is 2.07. The van der Waals surface area contributed by atoms with Gasteiger partial charge in [0.2, 0.25) is 0 Å². The maximum absolute atomic E-state index is 9.29. The maximum atomic E-state index is 9.29. The number of likely N-dealkylation sites (tertiary alicyclic amines) is 1. The Bertz CT molecular complexity index is 580. The minimum absolute atomic E-state index is 0.125. The van der Waals surface area contributed by atoms with Crippen molar-refractivity contribution in [3.63, 3.8) is 0 Å². The van der Waals surface area contributed by atoms with Gasteiger partial charge in [0, 0.05) is 25.7 Å². The lowest BCUT2D eigenvalue weighted by Crippen LogP contribution is -2.33. The highest BCUT2D eigenvalue weighted by atomic mass is 16.3. The van der Waals surface area contributed by atoms with Crippen LogP contribution in [0.25, 0.3) is 11.2 Å². The molecule has 1 unspecified atom stereocenters. The van der Waals surface area contributed by atoms with Crippen molar-refractivity contribution in [1.82, 2.24) is 19.4 Å². The van der Waals surface area contributed by atoms with Gasteiger partial charge in [-0.15, -0.1) is 0 Å². The summed E-state index contributed by atoms with van der Waals surface area (Å²) in [5.41, 5.74) is 1.82. The van der Waals surface area contributed by atoms with Crippen LogP contribution in [0.5, 0.6) is 0 Å². The third-order valence-electron chi connectivity index (χ3n) is 4.10. The summed E-state index contributed by atoms with van der Waals surface area (Å²) in [6.45, 7) is 3.03. The van der Waals surface area contributed by atoms with Crippen molar-refractivity contribution in [1.29, 1.82) is 0 Å². The van der Waals surface area contributed by atoms with Crippen LogP contribution in [-0.4, -0.2) is 51.3 Å². The number of fused-ring (bicyclic) bond motifs is 1. The Hall–Kier alpha value is -1.46. The molecular formula is C15H22N4O. The van der Waals surface area contributed by atoms with Gasteiger partial charge in [0.1, 0.15) is 11.3 Å². The lowest BCUT2D eigenvalue weighted by Gasteiger charge is -2.29. The average Bonchev–Trinajstić information content (AvgIpc) is 2.77. The van der Waals surface area contributed by atoms with Gasteiger partial charge in [0.25, 0.3) is 0 Å². The van der Waals surface area contributed by atoms with Crippen LogP contribution in [0.4, 0.5) is 0 Å². The Kier molecular flexibility index (Phi) is 3.98. The van der Waals surface area contributed by atoms with Gasteiger partial charge in [-0.2, -0.15) is 0 Å². The molecule has 0 aromatic carbocycles. The van der Waals surface area contributed by atoms with Crippen molar-refractivity contribution in [2.75, 3.05) is 26.7 Å². The fourth-order valence-corrected chi connectivity index (χ4v) is 3.19. The van der Waals surface area contributed by atoms with Crippen LogP contribution in [0, 0.1) is 5.92 Å². The topological polar surface area (TPSA) is 54.2 Å². The molecule has 5 nitrogen and oxygen atoms in total. The van der Waals surface area contributed by atoms with Gasteiger partial charge in [0.15, 0.2) is 5.65 Å². The van der Waals surface area contributed by atoms with E-state index < -0.39 is 0 Å². The van der Waals surface area contributed by atoms with E-state index >= 15 is 0 Å². The third-order valence-corrected chi connectivity index (χ3v) is 4.10. The second kappa shape index (κ2) is 5.89. The number of pyridine rings is 1. The quantitative estimate of drug-likeness (QED) is 0.913. The highest BCUT2D eigenvalue weighted by molar-refractivity contribution is 5.71. The number of piperidine rings is 1. The largest absolute Gasteiger partial charge is 0.395 e. The molecule has 0 radical (unpaired) electrons. The Morgan fingerprint density at radius 2 is 2.35 bits per heavy atom. The van der Waals surface area contributed by atoms with Crippen molar-refractivity contribution in [3.05, 3.63) is 24.2 Å². The molecule has 5 heteroatoms. The first-order valence-corrected chi connectivity index (χ1v) is 7.37. The molecule has 0 bridgehead atoms. The fourth-order valence-electron chi connectivity index (χ4n) is 3.19. The molecule has 20 heavy (non-hydrogen) atoms. The Balaban J connectivity index is 1.87. The van der Waals surface area contributed by atoms with Crippen LogP contribution in [0.15, 0.2) is 18.3 Å². The second-order valence-electron chi connectivity index (χ2n) is 5.72. The van der Waals surface area contributed by atoms with E-state index in [1.54, 1.807) is 6.20 Å². The molecule has 108 valence electrons. The maximum Gasteiger partial charge on any atom is 0.160 e. The molecule has 0 amide bonds. The van der Waals surface area contributed by atoms with Crippen molar-refractivity contribution < 1.29 is 5.11 Å². The number of hydrogen-bond donors (Lipinski definition) is 1.